The lowest BCUT2D eigenvalue weighted by molar-refractivity contribution is -0.345. The van der Waals surface area contributed by atoms with Crippen LogP contribution in [0.25, 0.3) is 0 Å². The Morgan fingerprint density at radius 2 is 2.18 bits per heavy atom. The molecule has 11 N–H and O–H groups in total. The van der Waals surface area contributed by atoms with Gasteiger partial charge in [0.15, 0.2) is 0 Å². The quantitative estimate of drug-likeness (QED) is 0.445. The van der Waals surface area contributed by atoms with Gasteiger partial charge < -0.3 is 46.8 Å². The molecule has 0 bridgehead atoms. The van der Waals surface area contributed by atoms with Gasteiger partial charge >= 0.3 is 5.69 Å². The molecule has 0 saturated carbocycles. The molecule has 12 nitrogen and oxygen atoms in total. The van der Waals surface area contributed by atoms with Crippen molar-refractivity contribution < 1.29 is 28.7 Å². The number of rotatable bonds is 4. The number of aliphatic hydroxyl groups is 1. The minimum Gasteiger partial charge on any atom is -0.790 e. The molecule has 22 heavy (non-hydrogen) atoms. The van der Waals surface area contributed by atoms with E-state index >= 15 is 0 Å². The molecular weight excluding hydrogens is 321 g/mol. The molecule has 1 aromatic rings. The van der Waals surface area contributed by atoms with E-state index in [0.717, 1.165) is 4.57 Å². The van der Waals surface area contributed by atoms with Crippen LogP contribution in [0.5, 0.6) is 0 Å². The number of ether oxygens (including phenoxy) is 1. The van der Waals surface area contributed by atoms with Gasteiger partial charge in [0.25, 0.3) is 0 Å². The predicted molar refractivity (Wildman–Crippen MR) is 73.0 cm³/mol. The van der Waals surface area contributed by atoms with E-state index < -0.39 is 38.6 Å². The van der Waals surface area contributed by atoms with Crippen molar-refractivity contribution in [3.63, 3.8) is 0 Å². The van der Waals surface area contributed by atoms with Gasteiger partial charge in [-0.3, -0.25) is 4.57 Å². The number of hydrogen-bond acceptors (Lipinski definition) is 9. The van der Waals surface area contributed by atoms with E-state index in [4.69, 9.17) is 15.6 Å². The molecule has 0 unspecified atom stereocenters. The van der Waals surface area contributed by atoms with Gasteiger partial charge in [-0.15, -0.1) is 0 Å². The normalized spacial score (nSPS) is 24.4. The van der Waals surface area contributed by atoms with Crippen LogP contribution in [0.4, 0.5) is 5.82 Å². The summed E-state index contributed by atoms with van der Waals surface area (Å²) in [6.07, 6.45) is -1.86. The summed E-state index contributed by atoms with van der Waals surface area (Å²) in [5, 5.41) is 9.09. The zero-order valence-electron chi connectivity index (χ0n) is 12.1. The summed E-state index contributed by atoms with van der Waals surface area (Å²) in [5.41, 5.74) is 4.65. The molecule has 0 amide bonds. The Kier molecular flexibility index (Phi) is 7.28. The zero-order chi connectivity index (χ0) is 14.9. The predicted octanol–water partition coefficient (Wildman–Crippen LogP) is -1.93. The SMILES string of the molecule is Nc1ccn([C@H]2C[C@H](OP(=O)([O-])[O-])[C@@H](CO)O2)c(=O)n1.[NH4+].[NH4+]. The lowest BCUT2D eigenvalue weighted by Gasteiger charge is -2.32. The van der Waals surface area contributed by atoms with Gasteiger partial charge in [-0.1, -0.05) is 0 Å². The van der Waals surface area contributed by atoms with Crippen molar-refractivity contribution in [3.05, 3.63) is 22.7 Å². The highest BCUT2D eigenvalue weighted by Gasteiger charge is 2.37. The molecule has 2 rings (SSSR count). The van der Waals surface area contributed by atoms with Gasteiger partial charge in [-0.25, -0.2) is 4.79 Å². The van der Waals surface area contributed by atoms with Gasteiger partial charge in [0.2, 0.25) is 0 Å². The Morgan fingerprint density at radius 3 is 2.68 bits per heavy atom. The van der Waals surface area contributed by atoms with Gasteiger partial charge in [0.05, 0.1) is 20.5 Å². The average molecular weight is 341 g/mol. The third kappa shape index (κ3) is 4.83. The van der Waals surface area contributed by atoms with Crippen LogP contribution in [0.1, 0.15) is 12.6 Å². The lowest BCUT2D eigenvalue weighted by atomic mass is 10.2. The number of aliphatic hydroxyl groups excluding tert-OH is 1. The summed E-state index contributed by atoms with van der Waals surface area (Å²) in [6.45, 7) is -0.557. The third-order valence-corrected chi connectivity index (χ3v) is 3.32. The van der Waals surface area contributed by atoms with Crippen LogP contribution in [-0.2, 0) is 13.8 Å². The van der Waals surface area contributed by atoms with Crippen LogP contribution in [0.3, 0.4) is 0 Å². The van der Waals surface area contributed by atoms with E-state index in [9.17, 15) is 19.1 Å². The number of hydrogen-bond donors (Lipinski definition) is 4. The molecule has 1 aliphatic rings. The van der Waals surface area contributed by atoms with Crippen molar-refractivity contribution in [2.45, 2.75) is 24.9 Å². The summed E-state index contributed by atoms with van der Waals surface area (Å²) in [4.78, 5) is 36.4. The highest BCUT2D eigenvalue weighted by Crippen LogP contribution is 2.37. The second-order valence-electron chi connectivity index (χ2n) is 4.18. The van der Waals surface area contributed by atoms with Crippen molar-refractivity contribution >= 4 is 13.6 Å². The van der Waals surface area contributed by atoms with Gasteiger partial charge in [-0.05, 0) is 6.07 Å². The molecule has 0 aliphatic carbocycles. The topological polar surface area (TPSA) is 236 Å². The van der Waals surface area contributed by atoms with Gasteiger partial charge in [0, 0.05) is 12.6 Å². The fourth-order valence-corrected chi connectivity index (χ4v) is 2.51. The van der Waals surface area contributed by atoms with Crippen molar-refractivity contribution in [2.24, 2.45) is 0 Å². The maximum atomic E-state index is 11.6. The fraction of sp³-hybridized carbons (Fsp3) is 0.556. The number of aromatic nitrogens is 2. The Hall–Kier alpha value is -1.37. The molecule has 1 saturated heterocycles. The number of nitrogen functional groups attached to an aromatic ring is 1. The fourth-order valence-electron chi connectivity index (χ4n) is 1.96. The first-order valence-electron chi connectivity index (χ1n) is 5.61. The molecule has 0 aromatic carbocycles. The monoisotopic (exact) mass is 341 g/mol. The number of anilines is 1. The Morgan fingerprint density at radius 1 is 1.55 bits per heavy atom. The van der Waals surface area contributed by atoms with Crippen LogP contribution in [-0.4, -0.2) is 33.5 Å². The van der Waals surface area contributed by atoms with Crippen molar-refractivity contribution in [2.75, 3.05) is 12.3 Å². The van der Waals surface area contributed by atoms with Crippen LogP contribution < -0.4 is 33.5 Å². The molecule has 2 heterocycles. The molecule has 1 fully saturated rings. The van der Waals surface area contributed by atoms with Crippen LogP contribution >= 0.6 is 7.82 Å². The number of nitrogens with zero attached hydrogens (tertiary/aromatic N) is 2. The number of nitrogens with two attached hydrogens (primary N) is 1. The van der Waals surface area contributed by atoms with Crippen LogP contribution in [0.2, 0.25) is 0 Å². The highest BCUT2D eigenvalue weighted by atomic mass is 31.2. The van der Waals surface area contributed by atoms with E-state index in [1.165, 1.54) is 12.3 Å². The Balaban J connectivity index is 0.00000220. The highest BCUT2D eigenvalue weighted by molar-refractivity contribution is 7.43. The summed E-state index contributed by atoms with van der Waals surface area (Å²) >= 11 is 0. The molecule has 0 radical (unpaired) electrons. The van der Waals surface area contributed by atoms with Gasteiger partial charge in [0.1, 0.15) is 18.1 Å². The average Bonchev–Trinajstić information content (AvgIpc) is 2.69. The van der Waals surface area contributed by atoms with E-state index in [-0.39, 0.29) is 24.5 Å². The van der Waals surface area contributed by atoms with E-state index in [2.05, 4.69) is 9.51 Å². The summed E-state index contributed by atoms with van der Waals surface area (Å²) in [6, 6.07) is 1.36. The minimum absolute atomic E-state index is 0. The van der Waals surface area contributed by atoms with E-state index in [1.54, 1.807) is 0 Å². The zero-order valence-corrected chi connectivity index (χ0v) is 13.0. The minimum atomic E-state index is -5.22. The molecule has 128 valence electrons. The lowest BCUT2D eigenvalue weighted by Crippen LogP contribution is -2.31. The van der Waals surface area contributed by atoms with Crippen LogP contribution in [0, 0.1) is 0 Å². The molecule has 0 spiro atoms. The third-order valence-electron chi connectivity index (χ3n) is 2.79. The largest absolute Gasteiger partial charge is 0.790 e. The first-order chi connectivity index (χ1) is 9.30. The van der Waals surface area contributed by atoms with E-state index in [0.29, 0.717) is 0 Å². The summed E-state index contributed by atoms with van der Waals surface area (Å²) in [7, 11) is -5.22. The van der Waals surface area contributed by atoms with Crippen molar-refractivity contribution in [1.29, 1.82) is 0 Å². The number of quaternary nitrogens is 2. The maximum Gasteiger partial charge on any atom is 0.351 e. The first kappa shape index (κ1) is 20.6. The second-order valence-corrected chi connectivity index (χ2v) is 5.29. The van der Waals surface area contributed by atoms with Crippen LogP contribution in [0.15, 0.2) is 17.1 Å². The van der Waals surface area contributed by atoms with Crippen molar-refractivity contribution in [3.8, 4) is 0 Å². The maximum absolute atomic E-state index is 11.6. The van der Waals surface area contributed by atoms with Crippen molar-refractivity contribution in [1.82, 2.24) is 21.9 Å². The first-order valence-corrected chi connectivity index (χ1v) is 7.07. The molecule has 1 aliphatic heterocycles. The Labute approximate surface area is 125 Å². The second kappa shape index (κ2) is 7.76. The summed E-state index contributed by atoms with van der Waals surface area (Å²) in [5.74, 6) is 0.0272. The van der Waals surface area contributed by atoms with Gasteiger partial charge in [-0.2, -0.15) is 4.98 Å². The smallest absolute Gasteiger partial charge is 0.351 e. The number of phosphoric acid groups is 1. The number of phosphoric ester groups is 1. The molecular formula is C9H20N5O7P. The van der Waals surface area contributed by atoms with E-state index in [1.807, 2.05) is 0 Å². The molecule has 1 aromatic heterocycles. The molecule has 13 heteroatoms. The Bertz CT molecular complexity index is 590. The summed E-state index contributed by atoms with van der Waals surface area (Å²) < 4.78 is 21.3. The molecule has 3 atom stereocenters. The standard InChI is InChI=1S/C9H14N3O7P.2H3N/c10-7-1-2-12(9(14)11-7)8-3-5(6(4-13)18-8)19-20(15,16)17;;/h1-2,5-6,8,13H,3-4H2,(H2,10,11,14)(H2,15,16,17);2*1H3/t5-,6+,8+;;/m0../s1.